The molecular weight excluding hydrogens is 392 g/mol. The summed E-state index contributed by atoms with van der Waals surface area (Å²) in [7, 11) is 0. The zero-order valence-corrected chi connectivity index (χ0v) is 16.1. The van der Waals surface area contributed by atoms with Gasteiger partial charge >= 0.3 is 0 Å². The Hall–Kier alpha value is -3.10. The van der Waals surface area contributed by atoms with Crippen LogP contribution in [0.25, 0.3) is 10.8 Å². The van der Waals surface area contributed by atoms with Gasteiger partial charge in [0.15, 0.2) is 0 Å². The van der Waals surface area contributed by atoms with Crippen LogP contribution < -0.4 is 10.9 Å². The molecule has 0 unspecified atom stereocenters. The highest BCUT2D eigenvalue weighted by atomic mass is 19.3. The van der Waals surface area contributed by atoms with Crippen molar-refractivity contribution in [3.05, 3.63) is 58.3 Å². The van der Waals surface area contributed by atoms with E-state index < -0.39 is 13.0 Å². The van der Waals surface area contributed by atoms with Crippen LogP contribution in [0.5, 0.6) is 0 Å². The molecule has 0 atom stereocenters. The van der Waals surface area contributed by atoms with Gasteiger partial charge in [0.25, 0.3) is 17.9 Å². The van der Waals surface area contributed by atoms with Crippen molar-refractivity contribution in [2.75, 3.05) is 0 Å². The average Bonchev–Trinajstić information content (AvgIpc) is 3.11. The minimum atomic E-state index is -2.51. The van der Waals surface area contributed by atoms with Crippen molar-refractivity contribution in [2.24, 2.45) is 5.41 Å². The van der Waals surface area contributed by atoms with Gasteiger partial charge in [0.1, 0.15) is 12.2 Å². The third-order valence-corrected chi connectivity index (χ3v) is 6.36. The van der Waals surface area contributed by atoms with Crippen molar-refractivity contribution in [3.63, 3.8) is 0 Å². The highest BCUT2D eigenvalue weighted by Crippen LogP contribution is 2.62. The number of hydrogen-bond acceptors (Lipinski definition) is 4. The van der Waals surface area contributed by atoms with E-state index in [1.54, 1.807) is 0 Å². The van der Waals surface area contributed by atoms with Gasteiger partial charge in [-0.2, -0.15) is 10.2 Å². The lowest BCUT2D eigenvalue weighted by Crippen LogP contribution is -2.55. The second-order valence-corrected chi connectivity index (χ2v) is 8.48. The number of hydrogen-bond donors (Lipinski definition) is 2. The van der Waals surface area contributed by atoms with E-state index in [0.717, 1.165) is 41.4 Å². The molecule has 5 rings (SSSR count). The predicted octanol–water partition coefficient (Wildman–Crippen LogP) is 2.84. The van der Waals surface area contributed by atoms with E-state index in [1.807, 2.05) is 24.3 Å². The Labute approximate surface area is 170 Å². The Morgan fingerprint density at radius 3 is 2.67 bits per heavy atom. The number of nitrogens with one attached hydrogen (secondary N) is 2. The molecule has 9 heteroatoms. The maximum absolute atomic E-state index is 12.4. The van der Waals surface area contributed by atoms with Crippen molar-refractivity contribution in [1.82, 2.24) is 25.3 Å². The number of carbonyl (C=O) groups is 1. The summed E-state index contributed by atoms with van der Waals surface area (Å²) in [5, 5.41) is 15.3. The largest absolute Gasteiger partial charge is 0.348 e. The summed E-state index contributed by atoms with van der Waals surface area (Å²) in [6.07, 6.45) is 2.61. The summed E-state index contributed by atoms with van der Waals surface area (Å²) < 4.78 is 25.9. The van der Waals surface area contributed by atoms with Gasteiger partial charge in [0.2, 0.25) is 0 Å². The second-order valence-electron chi connectivity index (χ2n) is 8.48. The van der Waals surface area contributed by atoms with Crippen LogP contribution in [0.3, 0.4) is 0 Å². The molecule has 2 saturated carbocycles. The van der Waals surface area contributed by atoms with Crippen LogP contribution in [0.4, 0.5) is 8.78 Å². The SMILES string of the molecule is O=C(N[C@H]1CC2(C1)C[C@H](c1n[nH]c(=O)c3ccccc31)C2)c1ccn(CC(F)F)n1. The Kier molecular flexibility index (Phi) is 4.41. The smallest absolute Gasteiger partial charge is 0.272 e. The number of halogens is 2. The fourth-order valence-corrected chi connectivity index (χ4v) is 5.03. The molecule has 3 aromatic rings. The molecule has 0 aliphatic heterocycles. The number of nitrogens with zero attached hydrogens (tertiary/aromatic N) is 3. The molecule has 2 aliphatic carbocycles. The van der Waals surface area contributed by atoms with Crippen LogP contribution in [0.2, 0.25) is 0 Å². The van der Waals surface area contributed by atoms with Crippen LogP contribution in [-0.4, -0.2) is 38.4 Å². The van der Waals surface area contributed by atoms with Gasteiger partial charge in [-0.3, -0.25) is 14.3 Å². The molecule has 30 heavy (non-hydrogen) atoms. The first kappa shape index (κ1) is 18.9. The number of aromatic nitrogens is 4. The highest BCUT2D eigenvalue weighted by Gasteiger charge is 2.54. The van der Waals surface area contributed by atoms with E-state index in [1.165, 1.54) is 12.3 Å². The lowest BCUT2D eigenvalue weighted by molar-refractivity contribution is -0.0197. The molecule has 1 amide bonds. The minimum Gasteiger partial charge on any atom is -0.348 e. The van der Waals surface area contributed by atoms with Crippen molar-refractivity contribution < 1.29 is 13.6 Å². The highest BCUT2D eigenvalue weighted by molar-refractivity contribution is 5.92. The van der Waals surface area contributed by atoms with Crippen LogP contribution in [-0.2, 0) is 6.54 Å². The van der Waals surface area contributed by atoms with E-state index in [-0.39, 0.29) is 28.6 Å². The molecule has 0 bridgehead atoms. The van der Waals surface area contributed by atoms with Gasteiger partial charge < -0.3 is 5.32 Å². The normalized spacial score (nSPS) is 25.3. The monoisotopic (exact) mass is 413 g/mol. The number of rotatable bonds is 5. The third-order valence-electron chi connectivity index (χ3n) is 6.36. The number of benzene rings is 1. The van der Waals surface area contributed by atoms with Crippen LogP contribution in [0, 0.1) is 5.41 Å². The maximum atomic E-state index is 12.4. The quantitative estimate of drug-likeness (QED) is 0.673. The van der Waals surface area contributed by atoms with Gasteiger partial charge in [0, 0.05) is 23.5 Å². The maximum Gasteiger partial charge on any atom is 0.272 e. The van der Waals surface area contributed by atoms with Crippen molar-refractivity contribution in [3.8, 4) is 0 Å². The molecule has 2 aliphatic rings. The summed E-state index contributed by atoms with van der Waals surface area (Å²) in [6, 6.07) is 9.04. The van der Waals surface area contributed by atoms with Gasteiger partial charge in [-0.1, -0.05) is 18.2 Å². The van der Waals surface area contributed by atoms with E-state index in [2.05, 4.69) is 20.6 Å². The number of fused-ring (bicyclic) bond motifs is 1. The Morgan fingerprint density at radius 1 is 1.20 bits per heavy atom. The molecule has 1 spiro atoms. The molecule has 2 N–H and O–H groups in total. The standard InChI is InChI=1S/C21H21F2N5O2/c22-17(23)11-28-6-5-16(27-28)20(30)24-13-9-21(10-13)7-12(8-21)18-14-3-1-2-4-15(14)19(29)26-25-18/h1-6,12-13,17H,7-11H2,(H,24,30)(H,26,29)/t12-,13-,21?. The summed E-state index contributed by atoms with van der Waals surface area (Å²) in [6.45, 7) is -0.519. The number of amides is 1. The molecule has 2 fully saturated rings. The molecule has 0 radical (unpaired) electrons. The molecule has 7 nitrogen and oxygen atoms in total. The number of alkyl halides is 2. The van der Waals surface area contributed by atoms with E-state index in [0.29, 0.717) is 11.3 Å². The van der Waals surface area contributed by atoms with Gasteiger partial charge in [-0.25, -0.2) is 13.9 Å². The number of carbonyl (C=O) groups excluding carboxylic acids is 1. The molecule has 1 aromatic carbocycles. The van der Waals surface area contributed by atoms with Crippen LogP contribution in [0.1, 0.15) is 47.8 Å². The molecular formula is C21H21F2N5O2. The first-order valence-electron chi connectivity index (χ1n) is 10.0. The van der Waals surface area contributed by atoms with Crippen molar-refractivity contribution in [2.45, 2.75) is 50.6 Å². The fourth-order valence-electron chi connectivity index (χ4n) is 5.03. The van der Waals surface area contributed by atoms with Gasteiger partial charge in [-0.05, 0) is 43.2 Å². The van der Waals surface area contributed by atoms with Crippen LogP contribution >= 0.6 is 0 Å². The Morgan fingerprint density at radius 2 is 1.93 bits per heavy atom. The lowest BCUT2D eigenvalue weighted by atomic mass is 9.49. The van der Waals surface area contributed by atoms with Gasteiger partial charge in [-0.15, -0.1) is 0 Å². The molecule has 2 aromatic heterocycles. The summed E-state index contributed by atoms with van der Waals surface area (Å²) in [5.74, 6) is -0.0273. The first-order chi connectivity index (χ1) is 14.4. The first-order valence-corrected chi connectivity index (χ1v) is 10.0. The van der Waals surface area contributed by atoms with Crippen molar-refractivity contribution in [1.29, 1.82) is 0 Å². The number of aromatic amines is 1. The fraction of sp³-hybridized carbons (Fsp3) is 0.429. The molecule has 2 heterocycles. The van der Waals surface area contributed by atoms with Crippen LogP contribution in [0.15, 0.2) is 41.3 Å². The second kappa shape index (κ2) is 7.00. The molecule has 0 saturated heterocycles. The Bertz CT molecular complexity index is 1160. The van der Waals surface area contributed by atoms with E-state index in [9.17, 15) is 18.4 Å². The average molecular weight is 413 g/mol. The number of H-pyrrole nitrogens is 1. The topological polar surface area (TPSA) is 92.7 Å². The van der Waals surface area contributed by atoms with E-state index in [4.69, 9.17) is 0 Å². The lowest BCUT2D eigenvalue weighted by Gasteiger charge is -2.57. The zero-order chi connectivity index (χ0) is 20.9. The summed E-state index contributed by atoms with van der Waals surface area (Å²) >= 11 is 0. The van der Waals surface area contributed by atoms with Crippen molar-refractivity contribution >= 4 is 16.7 Å². The summed E-state index contributed by atoms with van der Waals surface area (Å²) in [4.78, 5) is 24.3. The van der Waals surface area contributed by atoms with Gasteiger partial charge in [0.05, 0.1) is 11.1 Å². The zero-order valence-electron chi connectivity index (χ0n) is 16.1. The third kappa shape index (κ3) is 3.28. The predicted molar refractivity (Wildman–Crippen MR) is 105 cm³/mol. The Balaban J connectivity index is 1.18. The molecule has 156 valence electrons. The minimum absolute atomic E-state index is 0.0685. The van der Waals surface area contributed by atoms with E-state index >= 15 is 0 Å². The summed E-state index contributed by atoms with van der Waals surface area (Å²) in [5.41, 5.74) is 1.13.